The maximum absolute atomic E-state index is 11.2. The van der Waals surface area contributed by atoms with Gasteiger partial charge in [0.05, 0.1) is 12.6 Å². The van der Waals surface area contributed by atoms with Gasteiger partial charge in [0.2, 0.25) is 0 Å². The largest absolute Gasteiger partial charge is 0.391 e. The van der Waals surface area contributed by atoms with Gasteiger partial charge in [-0.25, -0.2) is 0 Å². The molecule has 3 nitrogen and oxygen atoms in total. The topological polar surface area (TPSA) is 42.2 Å². The van der Waals surface area contributed by atoms with Crippen LogP contribution in [-0.4, -0.2) is 15.2 Å². The monoisotopic (exact) mass is 235 g/mol. The van der Waals surface area contributed by atoms with Gasteiger partial charge in [-0.05, 0) is 18.0 Å². The average molecular weight is 236 g/mol. The fourth-order valence-electron chi connectivity index (χ4n) is 1.20. The minimum Gasteiger partial charge on any atom is -0.391 e. The standard InChI is InChI=1S/C9H14ClNO2S/c1-2-3-4-7(12)6-11-9(13)5-8(10)14-11/h5,7,12H,2-4,6H2,1H3. The summed E-state index contributed by atoms with van der Waals surface area (Å²) in [5.74, 6) is 0. The van der Waals surface area contributed by atoms with Crippen LogP contribution in [0.4, 0.5) is 0 Å². The van der Waals surface area contributed by atoms with Gasteiger partial charge in [-0.2, -0.15) is 0 Å². The van der Waals surface area contributed by atoms with Gasteiger partial charge in [-0.15, -0.1) is 0 Å². The molecule has 1 atom stereocenters. The Morgan fingerprint density at radius 3 is 2.93 bits per heavy atom. The predicted molar refractivity (Wildman–Crippen MR) is 59.1 cm³/mol. The van der Waals surface area contributed by atoms with E-state index in [1.807, 2.05) is 0 Å². The molecule has 1 aromatic heterocycles. The highest BCUT2D eigenvalue weighted by Crippen LogP contribution is 2.13. The smallest absolute Gasteiger partial charge is 0.262 e. The van der Waals surface area contributed by atoms with Crippen LogP contribution in [0.15, 0.2) is 10.9 Å². The van der Waals surface area contributed by atoms with E-state index in [9.17, 15) is 9.90 Å². The molecule has 0 aliphatic heterocycles. The molecule has 0 aliphatic carbocycles. The van der Waals surface area contributed by atoms with Gasteiger partial charge in [-0.1, -0.05) is 31.4 Å². The van der Waals surface area contributed by atoms with E-state index >= 15 is 0 Å². The number of rotatable bonds is 5. The summed E-state index contributed by atoms with van der Waals surface area (Å²) >= 11 is 6.86. The van der Waals surface area contributed by atoms with Gasteiger partial charge in [0, 0.05) is 6.07 Å². The average Bonchev–Trinajstić information content (AvgIpc) is 2.42. The summed E-state index contributed by atoms with van der Waals surface area (Å²) in [4.78, 5) is 11.2. The summed E-state index contributed by atoms with van der Waals surface area (Å²) in [6, 6.07) is 1.37. The van der Waals surface area contributed by atoms with E-state index < -0.39 is 6.10 Å². The minimum absolute atomic E-state index is 0.129. The Morgan fingerprint density at radius 1 is 1.71 bits per heavy atom. The van der Waals surface area contributed by atoms with Crippen LogP contribution in [0.3, 0.4) is 0 Å². The highest BCUT2D eigenvalue weighted by molar-refractivity contribution is 7.11. The van der Waals surface area contributed by atoms with Gasteiger partial charge in [-0.3, -0.25) is 8.75 Å². The molecule has 80 valence electrons. The molecule has 0 amide bonds. The zero-order chi connectivity index (χ0) is 10.6. The maximum Gasteiger partial charge on any atom is 0.262 e. The molecule has 1 rings (SSSR count). The predicted octanol–water partition coefficient (Wildman–Crippen LogP) is 2.11. The molecule has 1 aromatic rings. The zero-order valence-electron chi connectivity index (χ0n) is 8.07. The first kappa shape index (κ1) is 11.8. The summed E-state index contributed by atoms with van der Waals surface area (Å²) in [5, 5.41) is 9.57. The first-order chi connectivity index (χ1) is 6.63. The van der Waals surface area contributed by atoms with Crippen LogP contribution in [-0.2, 0) is 6.54 Å². The summed E-state index contributed by atoms with van der Waals surface area (Å²) < 4.78 is 1.96. The van der Waals surface area contributed by atoms with E-state index in [0.717, 1.165) is 19.3 Å². The quantitative estimate of drug-likeness (QED) is 0.850. The molecule has 1 N–H and O–H groups in total. The van der Waals surface area contributed by atoms with Crippen molar-refractivity contribution in [2.45, 2.75) is 38.8 Å². The number of aliphatic hydroxyl groups is 1. The van der Waals surface area contributed by atoms with E-state index in [2.05, 4.69) is 6.92 Å². The molecule has 1 unspecified atom stereocenters. The van der Waals surface area contributed by atoms with Crippen LogP contribution in [0.5, 0.6) is 0 Å². The van der Waals surface area contributed by atoms with Crippen molar-refractivity contribution in [1.82, 2.24) is 3.96 Å². The third-order valence-electron chi connectivity index (χ3n) is 1.95. The first-order valence-corrected chi connectivity index (χ1v) is 5.83. The molecular weight excluding hydrogens is 222 g/mol. The van der Waals surface area contributed by atoms with E-state index in [0.29, 0.717) is 10.9 Å². The fourth-order valence-corrected chi connectivity index (χ4v) is 2.29. The fraction of sp³-hybridized carbons (Fsp3) is 0.667. The van der Waals surface area contributed by atoms with Crippen LogP contribution in [0, 0.1) is 0 Å². The van der Waals surface area contributed by atoms with Gasteiger partial charge >= 0.3 is 0 Å². The summed E-state index contributed by atoms with van der Waals surface area (Å²) in [6.07, 6.45) is 2.33. The number of aromatic nitrogens is 1. The number of unbranched alkanes of at least 4 members (excludes halogenated alkanes) is 1. The second kappa shape index (κ2) is 5.53. The van der Waals surface area contributed by atoms with Crippen molar-refractivity contribution in [3.05, 3.63) is 20.8 Å². The molecular formula is C9H14ClNO2S. The molecule has 5 heteroatoms. The molecule has 14 heavy (non-hydrogen) atoms. The molecule has 0 fully saturated rings. The summed E-state index contributed by atoms with van der Waals surface area (Å²) in [5.41, 5.74) is -0.129. The Hall–Kier alpha value is -0.320. The van der Waals surface area contributed by atoms with E-state index in [-0.39, 0.29) is 5.56 Å². The first-order valence-electron chi connectivity index (χ1n) is 4.68. The molecule has 0 saturated heterocycles. The number of halogens is 1. The number of hydrogen-bond acceptors (Lipinski definition) is 3. The van der Waals surface area contributed by atoms with Crippen LogP contribution < -0.4 is 5.56 Å². The Balaban J connectivity index is 2.51. The van der Waals surface area contributed by atoms with E-state index in [1.165, 1.54) is 21.6 Å². The van der Waals surface area contributed by atoms with Crippen molar-refractivity contribution in [1.29, 1.82) is 0 Å². The normalized spacial score (nSPS) is 13.1. The van der Waals surface area contributed by atoms with Crippen LogP contribution in [0.1, 0.15) is 26.2 Å². The van der Waals surface area contributed by atoms with Crippen LogP contribution in [0.25, 0.3) is 0 Å². The molecule has 0 aromatic carbocycles. The lowest BCUT2D eigenvalue weighted by atomic mass is 10.2. The van der Waals surface area contributed by atoms with E-state index in [4.69, 9.17) is 11.6 Å². The SMILES string of the molecule is CCCCC(O)Cn1sc(Cl)cc1=O. The van der Waals surface area contributed by atoms with Crippen molar-refractivity contribution in [2.75, 3.05) is 0 Å². The van der Waals surface area contributed by atoms with Crippen molar-refractivity contribution < 1.29 is 5.11 Å². The lowest BCUT2D eigenvalue weighted by Crippen LogP contribution is -2.21. The number of nitrogens with zero attached hydrogens (tertiary/aromatic N) is 1. The van der Waals surface area contributed by atoms with Crippen molar-refractivity contribution in [3.63, 3.8) is 0 Å². The molecule has 0 aliphatic rings. The van der Waals surface area contributed by atoms with Gasteiger partial charge in [0.1, 0.15) is 4.34 Å². The Morgan fingerprint density at radius 2 is 2.43 bits per heavy atom. The highest BCUT2D eigenvalue weighted by Gasteiger charge is 2.08. The van der Waals surface area contributed by atoms with Gasteiger partial charge < -0.3 is 5.11 Å². The van der Waals surface area contributed by atoms with E-state index in [1.54, 1.807) is 0 Å². The lowest BCUT2D eigenvalue weighted by Gasteiger charge is -2.08. The van der Waals surface area contributed by atoms with Crippen molar-refractivity contribution in [3.8, 4) is 0 Å². The molecule has 0 radical (unpaired) electrons. The molecule has 0 spiro atoms. The molecule has 0 saturated carbocycles. The van der Waals surface area contributed by atoms with Crippen LogP contribution >= 0.6 is 23.1 Å². The third kappa shape index (κ3) is 3.44. The zero-order valence-corrected chi connectivity index (χ0v) is 9.64. The highest BCUT2D eigenvalue weighted by atomic mass is 35.5. The lowest BCUT2D eigenvalue weighted by molar-refractivity contribution is 0.144. The summed E-state index contributed by atoms with van der Waals surface area (Å²) in [6.45, 7) is 2.43. The number of hydrogen-bond donors (Lipinski definition) is 1. The van der Waals surface area contributed by atoms with Crippen molar-refractivity contribution in [2.24, 2.45) is 0 Å². The number of aliphatic hydroxyl groups excluding tert-OH is 1. The molecule has 1 heterocycles. The summed E-state index contributed by atoms with van der Waals surface area (Å²) in [7, 11) is 0. The Kier molecular flexibility index (Phi) is 4.65. The van der Waals surface area contributed by atoms with Gasteiger partial charge in [0.25, 0.3) is 5.56 Å². The Bertz CT molecular complexity index is 334. The van der Waals surface area contributed by atoms with Gasteiger partial charge in [0.15, 0.2) is 0 Å². The minimum atomic E-state index is -0.442. The maximum atomic E-state index is 11.2. The molecule has 0 bridgehead atoms. The Labute approximate surface area is 92.1 Å². The van der Waals surface area contributed by atoms with Crippen molar-refractivity contribution >= 4 is 23.1 Å². The second-order valence-electron chi connectivity index (χ2n) is 3.24. The van der Waals surface area contributed by atoms with Crippen LogP contribution in [0.2, 0.25) is 4.34 Å². The third-order valence-corrected chi connectivity index (χ3v) is 3.11. The second-order valence-corrected chi connectivity index (χ2v) is 4.93.